The Bertz CT molecular complexity index is 1110. The number of rotatable bonds is 10. The van der Waals surface area contributed by atoms with Gasteiger partial charge in [-0.1, -0.05) is 72.0 Å². The molecule has 0 bridgehead atoms. The van der Waals surface area contributed by atoms with Crippen molar-refractivity contribution in [2.75, 3.05) is 20.3 Å². The van der Waals surface area contributed by atoms with E-state index in [1.807, 2.05) is 36.4 Å². The highest BCUT2D eigenvalue weighted by Crippen LogP contribution is 2.31. The maximum Gasteiger partial charge on any atom is 0.148 e. The van der Waals surface area contributed by atoms with Crippen LogP contribution >= 0.6 is 11.3 Å². The molecule has 3 aromatic carbocycles. The zero-order valence-electron chi connectivity index (χ0n) is 17.7. The van der Waals surface area contributed by atoms with Crippen LogP contribution < -0.4 is 4.74 Å². The second-order valence-electron chi connectivity index (χ2n) is 7.18. The molecule has 4 rings (SSSR count). The molecule has 0 saturated carbocycles. The van der Waals surface area contributed by atoms with E-state index in [1.54, 1.807) is 18.4 Å². The van der Waals surface area contributed by atoms with Crippen LogP contribution in [-0.2, 0) is 16.2 Å². The number of hydrogen-bond acceptors (Lipinski definition) is 7. The Balaban J connectivity index is 1.41. The smallest absolute Gasteiger partial charge is 0.148 e. The van der Waals surface area contributed by atoms with E-state index in [1.165, 1.54) is 0 Å². The highest BCUT2D eigenvalue weighted by Gasteiger charge is 2.09. The molecule has 7 heteroatoms. The molecule has 0 unspecified atom stereocenters. The van der Waals surface area contributed by atoms with Gasteiger partial charge in [-0.3, -0.25) is 5.26 Å². The fraction of sp³-hybridized carbons (Fsp3) is 0.200. The molecular formula is C25H24N2O4S. The quantitative estimate of drug-likeness (QED) is 0.184. The topological polar surface area (TPSA) is 73.7 Å². The van der Waals surface area contributed by atoms with E-state index >= 15 is 0 Å². The molecule has 32 heavy (non-hydrogen) atoms. The van der Waals surface area contributed by atoms with Crippen LogP contribution in [0.4, 0.5) is 0 Å². The van der Waals surface area contributed by atoms with Crippen LogP contribution in [0.5, 0.6) is 5.75 Å². The Labute approximate surface area is 191 Å². The molecule has 0 saturated heterocycles. The number of benzene rings is 3. The third-order valence-corrected chi connectivity index (χ3v) is 5.96. The van der Waals surface area contributed by atoms with Crippen molar-refractivity contribution in [2.24, 2.45) is 0 Å². The molecule has 4 aromatic rings. The van der Waals surface area contributed by atoms with Crippen molar-refractivity contribution in [3.05, 3.63) is 78.4 Å². The molecule has 6 nitrogen and oxygen atoms in total. The van der Waals surface area contributed by atoms with E-state index in [0.717, 1.165) is 50.0 Å². The van der Waals surface area contributed by atoms with E-state index in [-0.39, 0.29) is 6.61 Å². The van der Waals surface area contributed by atoms with Crippen molar-refractivity contribution in [2.45, 2.75) is 13.0 Å². The molecule has 0 radical (unpaired) electrons. The Morgan fingerprint density at radius 1 is 0.719 bits per heavy atom. The van der Waals surface area contributed by atoms with Gasteiger partial charge >= 0.3 is 0 Å². The minimum Gasteiger partial charge on any atom is -0.494 e. The molecular weight excluding hydrogens is 424 g/mol. The Hall–Kier alpha value is -3.10. The summed E-state index contributed by atoms with van der Waals surface area (Å²) < 4.78 is 10.8. The van der Waals surface area contributed by atoms with Gasteiger partial charge in [0.1, 0.15) is 22.4 Å². The molecule has 1 aromatic heterocycles. The van der Waals surface area contributed by atoms with Crippen LogP contribution in [0.3, 0.4) is 0 Å². The second-order valence-corrected chi connectivity index (χ2v) is 8.16. The third-order valence-electron chi connectivity index (χ3n) is 4.94. The first-order chi connectivity index (χ1) is 15.8. The van der Waals surface area contributed by atoms with Crippen LogP contribution in [0.15, 0.2) is 72.8 Å². The Morgan fingerprint density at radius 3 is 1.81 bits per heavy atom. The lowest BCUT2D eigenvalue weighted by molar-refractivity contribution is -0.253. The largest absolute Gasteiger partial charge is 0.494 e. The molecule has 0 spiro atoms. The lowest BCUT2D eigenvalue weighted by atomic mass is 10.0. The monoisotopic (exact) mass is 448 g/mol. The lowest BCUT2D eigenvalue weighted by Gasteiger charge is -2.07. The van der Waals surface area contributed by atoms with E-state index in [9.17, 15) is 0 Å². The zero-order chi connectivity index (χ0) is 22.2. The van der Waals surface area contributed by atoms with Crippen molar-refractivity contribution < 1.29 is 19.6 Å². The minimum absolute atomic E-state index is 0.165. The summed E-state index contributed by atoms with van der Waals surface area (Å²) >= 11 is 1.54. The van der Waals surface area contributed by atoms with Gasteiger partial charge in [0.25, 0.3) is 0 Å². The average Bonchev–Trinajstić information content (AvgIpc) is 3.34. The predicted octanol–water partition coefficient (Wildman–Crippen LogP) is 5.94. The van der Waals surface area contributed by atoms with Crippen molar-refractivity contribution in [1.29, 1.82) is 0 Å². The summed E-state index contributed by atoms with van der Waals surface area (Å²) in [4.78, 5) is 4.17. The normalized spacial score (nSPS) is 10.9. The number of nitrogens with zero attached hydrogens (tertiary/aromatic N) is 2. The van der Waals surface area contributed by atoms with Crippen LogP contribution in [-0.4, -0.2) is 35.8 Å². The number of ether oxygens (including phenoxy) is 2. The van der Waals surface area contributed by atoms with Crippen molar-refractivity contribution >= 4 is 11.3 Å². The first kappa shape index (κ1) is 22.1. The summed E-state index contributed by atoms with van der Waals surface area (Å²) in [5, 5.41) is 19.0. The number of hydrogen-bond donors (Lipinski definition) is 1. The van der Waals surface area contributed by atoms with Gasteiger partial charge in [-0.2, -0.15) is 0 Å². The predicted molar refractivity (Wildman–Crippen MR) is 126 cm³/mol. The lowest BCUT2D eigenvalue weighted by Crippen LogP contribution is -2.01. The first-order valence-corrected chi connectivity index (χ1v) is 11.1. The zero-order valence-corrected chi connectivity index (χ0v) is 18.5. The van der Waals surface area contributed by atoms with E-state index in [0.29, 0.717) is 13.2 Å². The molecule has 1 N–H and O–H groups in total. The molecule has 0 fully saturated rings. The molecule has 0 amide bonds. The second kappa shape index (κ2) is 11.0. The summed E-state index contributed by atoms with van der Waals surface area (Å²) in [7, 11) is 1.69. The summed E-state index contributed by atoms with van der Waals surface area (Å²) in [5.74, 6) is 0.861. The van der Waals surface area contributed by atoms with Gasteiger partial charge in [0.05, 0.1) is 6.61 Å². The van der Waals surface area contributed by atoms with Gasteiger partial charge in [-0.15, -0.1) is 10.2 Å². The standard InChI is InChI=1S/C25H24N2O4S/c1-29-15-2-16-30-23-13-11-20(12-14-23)19-7-9-22(10-8-19)25-27-26-24(32-25)21-5-3-18(4-6-21)17-31-28/h3-14,28H,2,15-17H2,1H3. The fourth-order valence-electron chi connectivity index (χ4n) is 3.22. The number of methoxy groups -OCH3 is 1. The average molecular weight is 449 g/mol. The fourth-order valence-corrected chi connectivity index (χ4v) is 4.07. The highest BCUT2D eigenvalue weighted by atomic mass is 32.1. The van der Waals surface area contributed by atoms with Gasteiger partial charge in [0.15, 0.2) is 0 Å². The molecule has 0 aliphatic rings. The van der Waals surface area contributed by atoms with E-state index < -0.39 is 0 Å². The van der Waals surface area contributed by atoms with Crippen LogP contribution in [0.2, 0.25) is 0 Å². The van der Waals surface area contributed by atoms with Crippen LogP contribution in [0, 0.1) is 0 Å². The Morgan fingerprint density at radius 2 is 1.25 bits per heavy atom. The highest BCUT2D eigenvalue weighted by molar-refractivity contribution is 7.17. The van der Waals surface area contributed by atoms with E-state index in [2.05, 4.69) is 51.5 Å². The Kier molecular flexibility index (Phi) is 7.58. The van der Waals surface area contributed by atoms with Gasteiger partial charge in [0, 0.05) is 31.3 Å². The molecule has 0 atom stereocenters. The maximum atomic E-state index is 8.56. The van der Waals surface area contributed by atoms with E-state index in [4.69, 9.17) is 14.7 Å². The van der Waals surface area contributed by atoms with Gasteiger partial charge in [-0.05, 0) is 28.8 Å². The first-order valence-electron chi connectivity index (χ1n) is 10.3. The van der Waals surface area contributed by atoms with Gasteiger partial charge < -0.3 is 9.47 Å². The molecule has 1 heterocycles. The molecule has 0 aliphatic carbocycles. The van der Waals surface area contributed by atoms with Crippen molar-refractivity contribution in [3.8, 4) is 38.0 Å². The summed E-state index contributed by atoms with van der Waals surface area (Å²) in [6, 6.07) is 24.1. The summed E-state index contributed by atoms with van der Waals surface area (Å²) in [5.41, 5.74) is 5.16. The van der Waals surface area contributed by atoms with Gasteiger partial charge in [-0.25, -0.2) is 4.89 Å². The maximum absolute atomic E-state index is 8.56. The van der Waals surface area contributed by atoms with Gasteiger partial charge in [0.2, 0.25) is 0 Å². The van der Waals surface area contributed by atoms with Crippen LogP contribution in [0.1, 0.15) is 12.0 Å². The van der Waals surface area contributed by atoms with Crippen molar-refractivity contribution in [1.82, 2.24) is 10.2 Å². The van der Waals surface area contributed by atoms with Crippen LogP contribution in [0.25, 0.3) is 32.3 Å². The molecule has 164 valence electrons. The van der Waals surface area contributed by atoms with Crippen molar-refractivity contribution in [3.63, 3.8) is 0 Å². The summed E-state index contributed by atoms with van der Waals surface area (Å²) in [6.07, 6.45) is 0.872. The minimum atomic E-state index is 0.165. The number of aromatic nitrogens is 2. The third kappa shape index (κ3) is 5.57. The SMILES string of the molecule is COCCCOc1ccc(-c2ccc(-c3nnc(-c4ccc(COO)cc4)s3)cc2)cc1. The molecule has 0 aliphatic heterocycles. The summed E-state index contributed by atoms with van der Waals surface area (Å²) in [6.45, 7) is 1.51.